The second-order valence-electron chi connectivity index (χ2n) is 11.9. The molecule has 0 aromatic heterocycles. The Kier molecular flexibility index (Phi) is 18.9. The summed E-state index contributed by atoms with van der Waals surface area (Å²) in [5.41, 5.74) is 1.56. The molecule has 1 fully saturated rings. The molecule has 1 aliphatic rings. The van der Waals surface area contributed by atoms with Crippen LogP contribution in [0, 0.1) is 11.3 Å². The number of halogens is 3. The first kappa shape index (κ1) is 41.5. The highest BCUT2D eigenvalue weighted by Crippen LogP contribution is 2.35. The third-order valence-electron chi connectivity index (χ3n) is 6.73. The van der Waals surface area contributed by atoms with Crippen LogP contribution in [0.3, 0.4) is 0 Å². The summed E-state index contributed by atoms with van der Waals surface area (Å²) in [6.07, 6.45) is 11.3. The Morgan fingerprint density at radius 1 is 1.07 bits per heavy atom. The van der Waals surface area contributed by atoms with Gasteiger partial charge in [-0.15, -0.1) is 0 Å². The first-order chi connectivity index (χ1) is 21.0. The van der Waals surface area contributed by atoms with Gasteiger partial charge >= 0.3 is 12.3 Å². The second kappa shape index (κ2) is 20.5. The highest BCUT2D eigenvalue weighted by Gasteiger charge is 2.39. The Morgan fingerprint density at radius 2 is 1.69 bits per heavy atom. The standard InChI is InChI=1S/C23H36F3N3O2.C13H19N/c1-9-11-12-27-17(4)20(19(10-2)23(24,25)26)18(5)29-14-13-28(15-16(29)3)21(30)31-22(6,7)8;1-4-6-7-9-13(11-14)10-12(3)8-5-2/h10-12,16H,9,13-15H2,1-8H3;6-7,9-10H,4-5,8H2,1-3H3/b12-11+,19-10+,20-18-,27-17+;7-6+,12-10+,13-9+. The van der Waals surface area contributed by atoms with E-state index in [0.717, 1.165) is 37.3 Å². The topological polar surface area (TPSA) is 68.9 Å². The average molecular weight is 633 g/mol. The van der Waals surface area contributed by atoms with E-state index in [-0.39, 0.29) is 11.6 Å². The van der Waals surface area contributed by atoms with Crippen molar-refractivity contribution in [3.63, 3.8) is 0 Å². The number of carbonyl (C=O) groups is 1. The first-order valence-corrected chi connectivity index (χ1v) is 15.8. The summed E-state index contributed by atoms with van der Waals surface area (Å²) in [5, 5.41) is 8.85. The van der Waals surface area contributed by atoms with E-state index < -0.39 is 23.4 Å². The van der Waals surface area contributed by atoms with Crippen LogP contribution in [0.1, 0.15) is 102 Å². The summed E-state index contributed by atoms with van der Waals surface area (Å²) in [4.78, 5) is 20.2. The number of nitrogens with zero attached hydrogens (tertiary/aromatic N) is 4. The SMILES string of the molecule is CC/C=C/C=C(C#N)\C=C(/C)CCC.C\C=C(C(/C(C)=N/C=C/CC)=C(/C)N1CCN(C(=O)OC(C)(C)C)CC1C)\C(F)(F)F. The van der Waals surface area contributed by atoms with Gasteiger partial charge in [-0.05, 0) is 86.8 Å². The Hall–Kier alpha value is -3.54. The summed E-state index contributed by atoms with van der Waals surface area (Å²) in [6.45, 7) is 21.3. The Labute approximate surface area is 270 Å². The van der Waals surface area contributed by atoms with Crippen LogP contribution in [-0.4, -0.2) is 59.1 Å². The molecule has 1 atom stereocenters. The number of ether oxygens (including phenoxy) is 1. The molecule has 0 aliphatic carbocycles. The number of hydrogen-bond acceptors (Lipinski definition) is 5. The molecule has 6 nitrogen and oxygen atoms in total. The third kappa shape index (κ3) is 15.8. The van der Waals surface area contributed by atoms with Gasteiger partial charge in [-0.25, -0.2) is 4.79 Å². The van der Waals surface area contributed by atoms with Gasteiger partial charge < -0.3 is 14.5 Å². The van der Waals surface area contributed by atoms with Crippen molar-refractivity contribution in [3.8, 4) is 6.07 Å². The second-order valence-corrected chi connectivity index (χ2v) is 11.9. The van der Waals surface area contributed by atoms with E-state index in [2.05, 4.69) is 31.8 Å². The minimum atomic E-state index is -4.50. The predicted octanol–water partition coefficient (Wildman–Crippen LogP) is 10.2. The van der Waals surface area contributed by atoms with Gasteiger partial charge in [0, 0.05) is 48.9 Å². The monoisotopic (exact) mass is 632 g/mol. The molecule has 0 radical (unpaired) electrons. The molecule has 252 valence electrons. The highest BCUT2D eigenvalue weighted by molar-refractivity contribution is 6.03. The van der Waals surface area contributed by atoms with Gasteiger partial charge in [0.1, 0.15) is 5.60 Å². The maximum Gasteiger partial charge on any atom is 0.416 e. The zero-order valence-electron chi connectivity index (χ0n) is 29.3. The van der Waals surface area contributed by atoms with E-state index in [4.69, 9.17) is 10.00 Å². The van der Waals surface area contributed by atoms with Crippen molar-refractivity contribution in [1.82, 2.24) is 9.80 Å². The number of alkyl halides is 3. The number of nitriles is 1. The largest absolute Gasteiger partial charge is 0.444 e. The number of allylic oxidation sites excluding steroid dienone is 11. The van der Waals surface area contributed by atoms with E-state index >= 15 is 0 Å². The summed E-state index contributed by atoms with van der Waals surface area (Å²) in [5.74, 6) is 0. The highest BCUT2D eigenvalue weighted by atomic mass is 19.4. The van der Waals surface area contributed by atoms with Crippen LogP contribution in [0.5, 0.6) is 0 Å². The molecular weight excluding hydrogens is 577 g/mol. The fraction of sp³-hybridized carbons (Fsp3) is 0.583. The van der Waals surface area contributed by atoms with Crippen molar-refractivity contribution in [2.75, 3.05) is 19.6 Å². The van der Waals surface area contributed by atoms with E-state index in [1.54, 1.807) is 45.6 Å². The predicted molar refractivity (Wildman–Crippen MR) is 181 cm³/mol. The molecule has 1 saturated heterocycles. The van der Waals surface area contributed by atoms with E-state index in [1.165, 1.54) is 18.7 Å². The molecule has 0 aromatic rings. The fourth-order valence-electron chi connectivity index (χ4n) is 4.69. The summed E-state index contributed by atoms with van der Waals surface area (Å²) >= 11 is 0. The summed E-state index contributed by atoms with van der Waals surface area (Å²) in [6, 6.07) is 2.00. The van der Waals surface area contributed by atoms with E-state index in [9.17, 15) is 18.0 Å². The molecule has 45 heavy (non-hydrogen) atoms. The molecule has 1 amide bonds. The fourth-order valence-corrected chi connectivity index (χ4v) is 4.69. The number of piperazine rings is 1. The van der Waals surface area contributed by atoms with Gasteiger partial charge in [0.05, 0.1) is 17.2 Å². The Bertz CT molecular complexity index is 1210. The average Bonchev–Trinajstić information content (AvgIpc) is 2.94. The molecule has 0 bridgehead atoms. The molecule has 1 unspecified atom stereocenters. The third-order valence-corrected chi connectivity index (χ3v) is 6.73. The lowest BCUT2D eigenvalue weighted by atomic mass is 9.97. The van der Waals surface area contributed by atoms with Crippen molar-refractivity contribution in [3.05, 3.63) is 70.6 Å². The maximum absolute atomic E-state index is 13.8. The van der Waals surface area contributed by atoms with Gasteiger partial charge in [-0.1, -0.05) is 57.1 Å². The maximum atomic E-state index is 13.8. The van der Waals surface area contributed by atoms with Crippen molar-refractivity contribution < 1.29 is 22.7 Å². The molecule has 0 saturated carbocycles. The van der Waals surface area contributed by atoms with E-state index in [1.807, 2.05) is 43.1 Å². The molecule has 1 heterocycles. The van der Waals surface area contributed by atoms with Crippen LogP contribution in [0.2, 0.25) is 0 Å². The van der Waals surface area contributed by atoms with Crippen molar-refractivity contribution in [2.24, 2.45) is 4.99 Å². The molecule has 0 N–H and O–H groups in total. The number of carbonyl (C=O) groups excluding carboxylic acids is 1. The van der Waals surface area contributed by atoms with E-state index in [0.29, 0.717) is 31.0 Å². The minimum absolute atomic E-state index is 0.0771. The zero-order valence-corrected chi connectivity index (χ0v) is 29.3. The van der Waals surface area contributed by atoms with Crippen LogP contribution in [0.15, 0.2) is 75.6 Å². The molecule has 1 rings (SSSR count). The number of amides is 1. The van der Waals surface area contributed by atoms with Gasteiger partial charge in [0.2, 0.25) is 0 Å². The Morgan fingerprint density at radius 3 is 2.16 bits per heavy atom. The van der Waals surface area contributed by atoms with Gasteiger partial charge in [0.15, 0.2) is 0 Å². The number of hydrogen-bond donors (Lipinski definition) is 0. The van der Waals surface area contributed by atoms with Crippen LogP contribution in [-0.2, 0) is 4.74 Å². The molecule has 0 aromatic carbocycles. The number of rotatable bonds is 10. The van der Waals surface area contributed by atoms with Crippen LogP contribution < -0.4 is 0 Å². The Balaban J connectivity index is 0.00000116. The smallest absolute Gasteiger partial charge is 0.416 e. The van der Waals surface area contributed by atoms with Gasteiger partial charge in [-0.2, -0.15) is 18.4 Å². The first-order valence-electron chi connectivity index (χ1n) is 15.8. The van der Waals surface area contributed by atoms with Gasteiger partial charge in [-0.3, -0.25) is 4.99 Å². The molecule has 1 aliphatic heterocycles. The lowest BCUT2D eigenvalue weighted by Gasteiger charge is -2.42. The van der Waals surface area contributed by atoms with Gasteiger partial charge in [0.25, 0.3) is 0 Å². The van der Waals surface area contributed by atoms with Crippen molar-refractivity contribution in [2.45, 2.75) is 120 Å². The minimum Gasteiger partial charge on any atom is -0.444 e. The van der Waals surface area contributed by atoms with Crippen molar-refractivity contribution in [1.29, 1.82) is 5.26 Å². The van der Waals surface area contributed by atoms with Crippen LogP contribution in [0.25, 0.3) is 0 Å². The zero-order chi connectivity index (χ0) is 34.8. The molecule has 0 spiro atoms. The van der Waals surface area contributed by atoms with Crippen LogP contribution in [0.4, 0.5) is 18.0 Å². The van der Waals surface area contributed by atoms with Crippen LogP contribution >= 0.6 is 0 Å². The lowest BCUT2D eigenvalue weighted by molar-refractivity contribution is -0.0892. The molecule has 9 heteroatoms. The quantitative estimate of drug-likeness (QED) is 0.137. The van der Waals surface area contributed by atoms with Crippen molar-refractivity contribution >= 4 is 11.8 Å². The number of aliphatic imine (C=N–C) groups is 1. The summed E-state index contributed by atoms with van der Waals surface area (Å²) < 4.78 is 46.9. The lowest BCUT2D eigenvalue weighted by Crippen LogP contribution is -2.54. The summed E-state index contributed by atoms with van der Waals surface area (Å²) in [7, 11) is 0. The molecular formula is C36H55F3N4O2. The normalized spacial score (nSPS) is 18.1.